The fraction of sp³-hybridized carbons (Fsp3) is 0.455. The molecule has 7 heteroatoms. The van der Waals surface area contributed by atoms with Gasteiger partial charge >= 0.3 is 0 Å². The molecule has 0 amide bonds. The monoisotopic (exact) mass is 415 g/mol. The van der Waals surface area contributed by atoms with E-state index in [0.717, 1.165) is 75.3 Å². The quantitative estimate of drug-likeness (QED) is 0.429. The molecule has 0 radical (unpaired) electrons. The lowest BCUT2D eigenvalue weighted by molar-refractivity contribution is 0.372. The Morgan fingerprint density at radius 2 is 1.83 bits per heavy atom. The van der Waals surface area contributed by atoms with Crippen LogP contribution in [-0.4, -0.2) is 54.7 Å². The van der Waals surface area contributed by atoms with Crippen molar-refractivity contribution < 1.29 is 0 Å². The zero-order valence-electron chi connectivity index (χ0n) is 17.1. The highest BCUT2D eigenvalue weighted by Gasteiger charge is 2.20. The van der Waals surface area contributed by atoms with Gasteiger partial charge in [0, 0.05) is 58.1 Å². The molecule has 0 atom stereocenters. The number of benzene rings is 1. The van der Waals surface area contributed by atoms with Crippen LogP contribution in [0.1, 0.15) is 19.8 Å². The Morgan fingerprint density at radius 1 is 1.07 bits per heavy atom. The largest absolute Gasteiger partial charge is 0.367 e. The summed E-state index contributed by atoms with van der Waals surface area (Å²) in [5.74, 6) is 0.975. The van der Waals surface area contributed by atoms with Gasteiger partial charge in [0.2, 0.25) is 5.56 Å². The second kappa shape index (κ2) is 10.9. The van der Waals surface area contributed by atoms with Gasteiger partial charge in [0.05, 0.1) is 10.7 Å². The number of pyridine rings is 1. The zero-order chi connectivity index (χ0) is 20.5. The molecule has 1 N–H and O–H groups in total. The van der Waals surface area contributed by atoms with Crippen LogP contribution in [0.2, 0.25) is 5.02 Å². The van der Waals surface area contributed by atoms with Crippen molar-refractivity contribution in [2.75, 3.05) is 44.2 Å². The van der Waals surface area contributed by atoms with Gasteiger partial charge in [-0.1, -0.05) is 29.8 Å². The minimum absolute atomic E-state index is 0.0562. The van der Waals surface area contributed by atoms with Gasteiger partial charge in [0.25, 0.3) is 0 Å². The Hall–Kier alpha value is -2.47. The second-order valence-electron chi connectivity index (χ2n) is 7.10. The normalized spacial score (nSPS) is 14.9. The van der Waals surface area contributed by atoms with Gasteiger partial charge in [-0.05, 0) is 38.0 Å². The van der Waals surface area contributed by atoms with Crippen LogP contribution in [0.5, 0.6) is 0 Å². The fourth-order valence-electron chi connectivity index (χ4n) is 3.52. The van der Waals surface area contributed by atoms with Gasteiger partial charge in [0.15, 0.2) is 5.96 Å². The molecule has 0 unspecified atom stereocenters. The van der Waals surface area contributed by atoms with Crippen LogP contribution in [0.15, 0.2) is 58.4 Å². The third-order valence-electron chi connectivity index (χ3n) is 5.07. The van der Waals surface area contributed by atoms with Crippen molar-refractivity contribution in [3.63, 3.8) is 0 Å². The summed E-state index contributed by atoms with van der Waals surface area (Å²) in [6.07, 6.45) is 3.73. The number of rotatable bonds is 7. The Bertz CT molecular complexity index is 858. The number of anilines is 1. The molecular formula is C22H30ClN5O. The molecule has 1 aromatic carbocycles. The molecule has 0 bridgehead atoms. The van der Waals surface area contributed by atoms with Gasteiger partial charge in [-0.25, -0.2) is 0 Å². The zero-order valence-corrected chi connectivity index (χ0v) is 17.8. The van der Waals surface area contributed by atoms with E-state index in [2.05, 4.69) is 28.1 Å². The number of aryl methyl sites for hydroxylation is 1. The number of halogens is 1. The SMILES string of the molecule is CCNC(=NCCCCn1ccccc1=O)N1CCN(c2ccccc2Cl)CC1. The number of para-hydroxylation sites is 1. The third-order valence-corrected chi connectivity index (χ3v) is 5.39. The van der Waals surface area contributed by atoms with Gasteiger partial charge in [-0.15, -0.1) is 0 Å². The molecule has 1 fully saturated rings. The first-order valence-corrected chi connectivity index (χ1v) is 10.7. The molecule has 2 aromatic rings. The molecule has 6 nitrogen and oxygen atoms in total. The molecule has 0 saturated carbocycles. The molecule has 3 rings (SSSR count). The van der Waals surface area contributed by atoms with Crippen molar-refractivity contribution in [2.24, 2.45) is 4.99 Å². The van der Waals surface area contributed by atoms with Gasteiger partial charge in [-0.2, -0.15) is 0 Å². The van der Waals surface area contributed by atoms with E-state index >= 15 is 0 Å². The fourth-order valence-corrected chi connectivity index (χ4v) is 3.77. The predicted octanol–water partition coefficient (Wildman–Crippen LogP) is 3.07. The summed E-state index contributed by atoms with van der Waals surface area (Å²) in [5.41, 5.74) is 1.16. The van der Waals surface area contributed by atoms with E-state index in [9.17, 15) is 4.79 Å². The molecule has 1 aromatic heterocycles. The van der Waals surface area contributed by atoms with E-state index in [1.165, 1.54) is 0 Å². The van der Waals surface area contributed by atoms with E-state index in [1.807, 2.05) is 30.5 Å². The van der Waals surface area contributed by atoms with Crippen LogP contribution in [0.25, 0.3) is 0 Å². The topological polar surface area (TPSA) is 52.9 Å². The predicted molar refractivity (Wildman–Crippen MR) is 121 cm³/mol. The van der Waals surface area contributed by atoms with Gasteiger partial charge in [0.1, 0.15) is 0 Å². The number of hydrogen-bond acceptors (Lipinski definition) is 3. The van der Waals surface area contributed by atoms with Crippen molar-refractivity contribution in [1.82, 2.24) is 14.8 Å². The van der Waals surface area contributed by atoms with Gasteiger partial charge < -0.3 is 19.7 Å². The van der Waals surface area contributed by atoms with Crippen LogP contribution in [0.3, 0.4) is 0 Å². The summed E-state index contributed by atoms with van der Waals surface area (Å²) < 4.78 is 1.75. The minimum atomic E-state index is 0.0562. The Balaban J connectivity index is 1.48. The number of guanidine groups is 1. The smallest absolute Gasteiger partial charge is 0.250 e. The maximum absolute atomic E-state index is 11.7. The highest BCUT2D eigenvalue weighted by molar-refractivity contribution is 6.33. The van der Waals surface area contributed by atoms with Gasteiger partial charge in [-0.3, -0.25) is 9.79 Å². The Morgan fingerprint density at radius 3 is 2.55 bits per heavy atom. The first kappa shape index (κ1) is 21.2. The van der Waals surface area contributed by atoms with Crippen LogP contribution in [-0.2, 0) is 6.54 Å². The van der Waals surface area contributed by atoms with Crippen molar-refractivity contribution in [3.05, 3.63) is 64.0 Å². The van der Waals surface area contributed by atoms with Crippen molar-refractivity contribution >= 4 is 23.2 Å². The number of nitrogens with one attached hydrogen (secondary N) is 1. The van der Waals surface area contributed by atoms with Crippen molar-refractivity contribution in [2.45, 2.75) is 26.3 Å². The lowest BCUT2D eigenvalue weighted by Crippen LogP contribution is -2.52. The third kappa shape index (κ3) is 6.00. The van der Waals surface area contributed by atoms with Crippen LogP contribution < -0.4 is 15.8 Å². The van der Waals surface area contributed by atoms with E-state index in [4.69, 9.17) is 16.6 Å². The van der Waals surface area contributed by atoms with Crippen molar-refractivity contribution in [1.29, 1.82) is 0 Å². The summed E-state index contributed by atoms with van der Waals surface area (Å²) in [6, 6.07) is 13.3. The summed E-state index contributed by atoms with van der Waals surface area (Å²) in [7, 11) is 0. The number of aliphatic imine (C=N–C) groups is 1. The molecule has 1 aliphatic heterocycles. The molecule has 0 aliphatic carbocycles. The number of piperazine rings is 1. The summed E-state index contributed by atoms with van der Waals surface area (Å²) in [5, 5.41) is 4.22. The molecule has 156 valence electrons. The van der Waals surface area contributed by atoms with E-state index < -0.39 is 0 Å². The minimum Gasteiger partial charge on any atom is -0.367 e. The molecular weight excluding hydrogens is 386 g/mol. The standard InChI is InChI=1S/C22H30ClN5O/c1-2-24-22(25-12-6-8-14-27-13-7-5-11-21(27)29)28-17-15-26(16-18-28)20-10-4-3-9-19(20)23/h3-5,7,9-11,13H,2,6,8,12,14-18H2,1H3,(H,24,25). The second-order valence-corrected chi connectivity index (χ2v) is 7.51. The lowest BCUT2D eigenvalue weighted by atomic mass is 10.2. The highest BCUT2D eigenvalue weighted by Crippen LogP contribution is 2.26. The summed E-state index contributed by atoms with van der Waals surface area (Å²) in [4.78, 5) is 21.2. The molecule has 0 spiro atoms. The summed E-state index contributed by atoms with van der Waals surface area (Å²) in [6.45, 7) is 8.11. The number of aromatic nitrogens is 1. The Labute approximate surface area is 177 Å². The number of nitrogens with zero attached hydrogens (tertiary/aromatic N) is 4. The van der Waals surface area contributed by atoms with E-state index in [1.54, 1.807) is 16.7 Å². The van der Waals surface area contributed by atoms with Crippen LogP contribution in [0, 0.1) is 0 Å². The first-order valence-electron chi connectivity index (χ1n) is 10.4. The maximum Gasteiger partial charge on any atom is 0.250 e. The van der Waals surface area contributed by atoms with Crippen LogP contribution >= 0.6 is 11.6 Å². The molecule has 1 aliphatic rings. The highest BCUT2D eigenvalue weighted by atomic mass is 35.5. The van der Waals surface area contributed by atoms with Crippen LogP contribution in [0.4, 0.5) is 5.69 Å². The molecule has 29 heavy (non-hydrogen) atoms. The van der Waals surface area contributed by atoms with E-state index in [-0.39, 0.29) is 5.56 Å². The Kier molecular flexibility index (Phi) is 7.99. The number of hydrogen-bond donors (Lipinski definition) is 1. The molecule has 1 saturated heterocycles. The van der Waals surface area contributed by atoms with E-state index in [0.29, 0.717) is 0 Å². The number of unbranched alkanes of at least 4 members (excludes halogenated alkanes) is 1. The lowest BCUT2D eigenvalue weighted by Gasteiger charge is -2.38. The first-order chi connectivity index (χ1) is 14.2. The average Bonchev–Trinajstić information content (AvgIpc) is 2.74. The molecule has 2 heterocycles. The maximum atomic E-state index is 11.7. The van der Waals surface area contributed by atoms with Crippen molar-refractivity contribution in [3.8, 4) is 0 Å². The summed E-state index contributed by atoms with van der Waals surface area (Å²) >= 11 is 6.35. The average molecular weight is 416 g/mol.